The van der Waals surface area contributed by atoms with Gasteiger partial charge in [-0.2, -0.15) is 0 Å². The lowest BCUT2D eigenvalue weighted by Crippen LogP contribution is -2.40. The van der Waals surface area contributed by atoms with Crippen LogP contribution in [0.25, 0.3) is 0 Å². The second kappa shape index (κ2) is 7.39. The van der Waals surface area contributed by atoms with Crippen molar-refractivity contribution in [3.8, 4) is 0 Å². The third kappa shape index (κ3) is 4.03. The summed E-state index contributed by atoms with van der Waals surface area (Å²) in [7, 11) is 1.71. The molecule has 3 heteroatoms. The Labute approximate surface area is 117 Å². The number of carbonyl (C=O) groups excluding carboxylic acids is 1. The van der Waals surface area contributed by atoms with Crippen molar-refractivity contribution in [1.82, 2.24) is 0 Å². The standard InChI is InChI=1S/C16H28O3/c1-18-16(11-4-2-3-5-12-16)15(17)10-6-8-14-9-7-13-19-14/h14H,2-13H2,1H3. The van der Waals surface area contributed by atoms with Gasteiger partial charge in [-0.15, -0.1) is 0 Å². The minimum Gasteiger partial charge on any atom is -0.378 e. The SMILES string of the molecule is COC1(C(=O)CCCC2CCCO2)CCCCCC1. The monoisotopic (exact) mass is 268 g/mol. The second-order valence-electron chi connectivity index (χ2n) is 6.06. The highest BCUT2D eigenvalue weighted by atomic mass is 16.5. The molecule has 1 aliphatic heterocycles. The molecular weight excluding hydrogens is 240 g/mol. The van der Waals surface area contributed by atoms with Gasteiger partial charge in [-0.05, 0) is 38.5 Å². The van der Waals surface area contributed by atoms with Crippen LogP contribution in [0, 0.1) is 0 Å². The zero-order valence-corrected chi connectivity index (χ0v) is 12.3. The molecule has 2 aliphatic rings. The van der Waals surface area contributed by atoms with E-state index in [9.17, 15) is 4.79 Å². The first kappa shape index (κ1) is 15.0. The van der Waals surface area contributed by atoms with E-state index in [1.54, 1.807) is 7.11 Å². The Morgan fingerprint density at radius 3 is 2.53 bits per heavy atom. The molecule has 1 saturated heterocycles. The zero-order valence-electron chi connectivity index (χ0n) is 12.3. The van der Waals surface area contributed by atoms with Crippen LogP contribution in [0.1, 0.15) is 70.6 Å². The van der Waals surface area contributed by atoms with E-state index in [-0.39, 0.29) is 0 Å². The van der Waals surface area contributed by atoms with E-state index in [0.29, 0.717) is 18.3 Å². The fraction of sp³-hybridized carbons (Fsp3) is 0.938. The highest BCUT2D eigenvalue weighted by molar-refractivity contribution is 5.87. The first-order valence-corrected chi connectivity index (χ1v) is 7.97. The summed E-state index contributed by atoms with van der Waals surface area (Å²) in [5.74, 6) is 0.329. The fourth-order valence-corrected chi connectivity index (χ4v) is 3.49. The molecule has 0 aromatic carbocycles. The summed E-state index contributed by atoms with van der Waals surface area (Å²) >= 11 is 0. The summed E-state index contributed by atoms with van der Waals surface area (Å²) in [4.78, 5) is 12.5. The molecule has 0 spiro atoms. The van der Waals surface area contributed by atoms with Gasteiger partial charge >= 0.3 is 0 Å². The van der Waals surface area contributed by atoms with E-state index in [4.69, 9.17) is 9.47 Å². The first-order chi connectivity index (χ1) is 9.27. The predicted octanol–water partition coefficient (Wildman–Crippen LogP) is 3.64. The van der Waals surface area contributed by atoms with E-state index < -0.39 is 5.60 Å². The Morgan fingerprint density at radius 1 is 1.21 bits per heavy atom. The average Bonchev–Trinajstić information content (AvgIpc) is 2.82. The fourth-order valence-electron chi connectivity index (χ4n) is 3.49. The van der Waals surface area contributed by atoms with Crippen molar-refractivity contribution in [2.24, 2.45) is 0 Å². The van der Waals surface area contributed by atoms with Crippen LogP contribution in [0.2, 0.25) is 0 Å². The molecule has 2 fully saturated rings. The molecule has 0 aromatic rings. The van der Waals surface area contributed by atoms with Gasteiger partial charge in [0.05, 0.1) is 6.10 Å². The van der Waals surface area contributed by atoms with Crippen LogP contribution in [0.5, 0.6) is 0 Å². The van der Waals surface area contributed by atoms with E-state index in [0.717, 1.165) is 45.1 Å². The van der Waals surface area contributed by atoms with Crippen molar-refractivity contribution < 1.29 is 14.3 Å². The van der Waals surface area contributed by atoms with Gasteiger partial charge in [-0.1, -0.05) is 25.7 Å². The summed E-state index contributed by atoms with van der Waals surface area (Å²) in [6.07, 6.45) is 12.0. The first-order valence-electron chi connectivity index (χ1n) is 7.97. The zero-order chi connectivity index (χ0) is 13.6. The van der Waals surface area contributed by atoms with Crippen molar-refractivity contribution >= 4 is 5.78 Å². The van der Waals surface area contributed by atoms with E-state index in [2.05, 4.69) is 0 Å². The second-order valence-corrected chi connectivity index (χ2v) is 6.06. The highest BCUT2D eigenvalue weighted by Crippen LogP contribution is 2.32. The summed E-state index contributed by atoms with van der Waals surface area (Å²) in [5, 5.41) is 0. The molecule has 0 aromatic heterocycles. The molecule has 3 nitrogen and oxygen atoms in total. The summed E-state index contributed by atoms with van der Waals surface area (Å²) < 4.78 is 11.3. The number of hydrogen-bond donors (Lipinski definition) is 0. The van der Waals surface area contributed by atoms with E-state index in [1.165, 1.54) is 25.7 Å². The van der Waals surface area contributed by atoms with Crippen LogP contribution in [-0.4, -0.2) is 31.2 Å². The van der Waals surface area contributed by atoms with Gasteiger partial charge in [0.15, 0.2) is 5.78 Å². The molecule has 0 amide bonds. The summed E-state index contributed by atoms with van der Waals surface area (Å²) in [5.41, 5.74) is -0.465. The topological polar surface area (TPSA) is 35.5 Å². The maximum Gasteiger partial charge on any atom is 0.164 e. The number of rotatable bonds is 6. The Kier molecular flexibility index (Phi) is 5.83. The van der Waals surface area contributed by atoms with E-state index >= 15 is 0 Å². The number of methoxy groups -OCH3 is 1. The molecule has 1 saturated carbocycles. The molecule has 110 valence electrons. The number of ketones is 1. The van der Waals surface area contributed by atoms with Crippen molar-refractivity contribution in [2.75, 3.05) is 13.7 Å². The number of hydrogen-bond acceptors (Lipinski definition) is 3. The highest BCUT2D eigenvalue weighted by Gasteiger charge is 2.37. The van der Waals surface area contributed by atoms with Gasteiger partial charge in [-0.25, -0.2) is 0 Å². The summed E-state index contributed by atoms with van der Waals surface area (Å²) in [6, 6.07) is 0. The lowest BCUT2D eigenvalue weighted by atomic mass is 9.86. The third-order valence-electron chi connectivity index (χ3n) is 4.76. The largest absolute Gasteiger partial charge is 0.378 e. The smallest absolute Gasteiger partial charge is 0.164 e. The molecule has 19 heavy (non-hydrogen) atoms. The summed E-state index contributed by atoms with van der Waals surface area (Å²) in [6.45, 7) is 0.903. The average molecular weight is 268 g/mol. The van der Waals surface area contributed by atoms with Crippen LogP contribution < -0.4 is 0 Å². The minimum atomic E-state index is -0.465. The van der Waals surface area contributed by atoms with Gasteiger partial charge in [0.2, 0.25) is 0 Å². The Morgan fingerprint density at radius 2 is 1.95 bits per heavy atom. The van der Waals surface area contributed by atoms with Crippen LogP contribution in [-0.2, 0) is 14.3 Å². The minimum absolute atomic E-state index is 0.329. The van der Waals surface area contributed by atoms with Crippen molar-refractivity contribution in [3.05, 3.63) is 0 Å². The molecule has 2 rings (SSSR count). The third-order valence-corrected chi connectivity index (χ3v) is 4.76. The van der Waals surface area contributed by atoms with Gasteiger partial charge in [0.1, 0.15) is 5.60 Å². The van der Waals surface area contributed by atoms with Crippen LogP contribution in [0.4, 0.5) is 0 Å². The maximum atomic E-state index is 12.5. The van der Waals surface area contributed by atoms with E-state index in [1.807, 2.05) is 0 Å². The van der Waals surface area contributed by atoms with Gasteiger partial charge in [0, 0.05) is 20.1 Å². The van der Waals surface area contributed by atoms with Crippen molar-refractivity contribution in [3.63, 3.8) is 0 Å². The van der Waals surface area contributed by atoms with Crippen LogP contribution in [0.15, 0.2) is 0 Å². The quantitative estimate of drug-likeness (QED) is 0.690. The lowest BCUT2D eigenvalue weighted by Gasteiger charge is -2.30. The molecule has 1 heterocycles. The Balaban J connectivity index is 1.78. The number of Topliss-reactive ketones (excluding diaryl/α,β-unsaturated/α-hetero) is 1. The van der Waals surface area contributed by atoms with Gasteiger partial charge < -0.3 is 9.47 Å². The normalized spacial score (nSPS) is 27.1. The van der Waals surface area contributed by atoms with Gasteiger partial charge in [0.25, 0.3) is 0 Å². The molecule has 0 N–H and O–H groups in total. The molecule has 1 atom stereocenters. The van der Waals surface area contributed by atoms with Crippen molar-refractivity contribution in [2.45, 2.75) is 82.3 Å². The predicted molar refractivity (Wildman–Crippen MR) is 75.3 cm³/mol. The Bertz CT molecular complexity index is 274. The molecule has 0 bridgehead atoms. The van der Waals surface area contributed by atoms with Crippen molar-refractivity contribution in [1.29, 1.82) is 0 Å². The molecule has 1 aliphatic carbocycles. The molecule has 1 unspecified atom stereocenters. The number of ether oxygens (including phenoxy) is 2. The molecular formula is C16H28O3. The Hall–Kier alpha value is -0.410. The molecule has 0 radical (unpaired) electrons. The van der Waals surface area contributed by atoms with Gasteiger partial charge in [-0.3, -0.25) is 4.79 Å². The van der Waals surface area contributed by atoms with Crippen LogP contribution >= 0.6 is 0 Å². The maximum absolute atomic E-state index is 12.5. The van der Waals surface area contributed by atoms with Crippen LogP contribution in [0.3, 0.4) is 0 Å². The lowest BCUT2D eigenvalue weighted by molar-refractivity contribution is -0.143. The number of carbonyl (C=O) groups is 1.